The van der Waals surface area contributed by atoms with E-state index in [-0.39, 0.29) is 23.8 Å². The molecule has 2 amide bonds. The molecule has 1 aliphatic heterocycles. The molecule has 5 nitrogen and oxygen atoms in total. The predicted octanol–water partition coefficient (Wildman–Crippen LogP) is 1.20. The van der Waals surface area contributed by atoms with Crippen molar-refractivity contribution in [2.45, 2.75) is 39.3 Å². The third-order valence-electron chi connectivity index (χ3n) is 4.45. The topological polar surface area (TPSA) is 75.4 Å². The molecule has 1 unspecified atom stereocenters. The molecule has 1 fully saturated rings. The summed E-state index contributed by atoms with van der Waals surface area (Å²) >= 11 is 0. The molecule has 0 radical (unpaired) electrons. The smallest absolute Gasteiger partial charge is 0.237 e. The van der Waals surface area contributed by atoms with E-state index in [0.717, 1.165) is 31.5 Å². The van der Waals surface area contributed by atoms with Crippen molar-refractivity contribution in [2.24, 2.45) is 11.7 Å². The average molecular weight is 303 g/mol. The molecule has 0 saturated carbocycles. The number of carbonyl (C=O) groups is 2. The van der Waals surface area contributed by atoms with Gasteiger partial charge in [-0.15, -0.1) is 0 Å². The van der Waals surface area contributed by atoms with E-state index in [9.17, 15) is 9.59 Å². The van der Waals surface area contributed by atoms with Crippen molar-refractivity contribution in [3.63, 3.8) is 0 Å². The summed E-state index contributed by atoms with van der Waals surface area (Å²) in [5.74, 6) is -0.242. The first-order valence-corrected chi connectivity index (χ1v) is 7.84. The largest absolute Gasteiger partial charge is 0.369 e. The molecule has 22 heavy (non-hydrogen) atoms. The van der Waals surface area contributed by atoms with Crippen LogP contribution in [0, 0.1) is 12.8 Å². The van der Waals surface area contributed by atoms with Gasteiger partial charge in [0.1, 0.15) is 0 Å². The molecular formula is C17H25N3O2. The number of hydrogen-bond acceptors (Lipinski definition) is 3. The zero-order chi connectivity index (χ0) is 16.1. The van der Waals surface area contributed by atoms with E-state index in [1.165, 1.54) is 5.56 Å². The van der Waals surface area contributed by atoms with Crippen LogP contribution in [0.2, 0.25) is 0 Å². The Balaban J connectivity index is 1.80. The number of rotatable bonds is 5. The van der Waals surface area contributed by atoms with Gasteiger partial charge in [0.25, 0.3) is 0 Å². The first-order valence-electron chi connectivity index (χ1n) is 7.84. The summed E-state index contributed by atoms with van der Waals surface area (Å²) in [4.78, 5) is 25.5. The summed E-state index contributed by atoms with van der Waals surface area (Å²) in [6, 6.07) is 7.95. The SMILES string of the molecule is Cc1ccc(CNC(=O)C(C)N2CCC(C(N)=O)CC2)cc1. The number of piperidine rings is 1. The molecule has 120 valence electrons. The van der Waals surface area contributed by atoms with Gasteiger partial charge < -0.3 is 11.1 Å². The third-order valence-corrected chi connectivity index (χ3v) is 4.45. The van der Waals surface area contributed by atoms with Gasteiger partial charge in [-0.3, -0.25) is 14.5 Å². The number of aryl methyl sites for hydroxylation is 1. The van der Waals surface area contributed by atoms with Crippen LogP contribution in [0.15, 0.2) is 24.3 Å². The van der Waals surface area contributed by atoms with Crippen LogP contribution in [0.1, 0.15) is 30.9 Å². The predicted molar refractivity (Wildman–Crippen MR) is 86.0 cm³/mol. The Bertz CT molecular complexity index is 519. The number of amides is 2. The van der Waals surface area contributed by atoms with Crippen LogP contribution in [0.3, 0.4) is 0 Å². The highest BCUT2D eigenvalue weighted by Gasteiger charge is 2.28. The van der Waals surface area contributed by atoms with Gasteiger partial charge in [-0.25, -0.2) is 0 Å². The fraction of sp³-hybridized carbons (Fsp3) is 0.529. The second kappa shape index (κ2) is 7.40. The number of nitrogens with zero attached hydrogens (tertiary/aromatic N) is 1. The first-order chi connectivity index (χ1) is 10.5. The fourth-order valence-corrected chi connectivity index (χ4v) is 2.78. The van der Waals surface area contributed by atoms with E-state index in [4.69, 9.17) is 5.73 Å². The van der Waals surface area contributed by atoms with Crippen LogP contribution in [0.4, 0.5) is 0 Å². The molecule has 0 spiro atoms. The lowest BCUT2D eigenvalue weighted by Gasteiger charge is -2.34. The normalized spacial score (nSPS) is 17.9. The molecule has 1 aliphatic rings. The molecule has 1 heterocycles. The summed E-state index contributed by atoms with van der Waals surface area (Å²) in [5, 5.41) is 2.98. The number of nitrogens with one attached hydrogen (secondary N) is 1. The number of benzene rings is 1. The van der Waals surface area contributed by atoms with Gasteiger partial charge in [0.15, 0.2) is 0 Å². The first kappa shape index (κ1) is 16.5. The zero-order valence-electron chi connectivity index (χ0n) is 13.3. The Hall–Kier alpha value is -1.88. The lowest BCUT2D eigenvalue weighted by molar-refractivity contribution is -0.127. The third kappa shape index (κ3) is 4.31. The number of hydrogen-bond donors (Lipinski definition) is 2. The van der Waals surface area contributed by atoms with E-state index < -0.39 is 0 Å². The second-order valence-corrected chi connectivity index (χ2v) is 6.09. The molecule has 5 heteroatoms. The van der Waals surface area contributed by atoms with Crippen molar-refractivity contribution >= 4 is 11.8 Å². The van der Waals surface area contributed by atoms with E-state index in [2.05, 4.69) is 10.2 Å². The van der Waals surface area contributed by atoms with Crippen LogP contribution in [-0.4, -0.2) is 35.8 Å². The van der Waals surface area contributed by atoms with E-state index >= 15 is 0 Å². The van der Waals surface area contributed by atoms with Gasteiger partial charge in [0, 0.05) is 12.5 Å². The van der Waals surface area contributed by atoms with Gasteiger partial charge in [-0.1, -0.05) is 29.8 Å². The Morgan fingerprint density at radius 3 is 2.41 bits per heavy atom. The van der Waals surface area contributed by atoms with Crippen LogP contribution >= 0.6 is 0 Å². The van der Waals surface area contributed by atoms with Crippen molar-refractivity contribution in [3.8, 4) is 0 Å². The molecule has 1 saturated heterocycles. The molecule has 0 aromatic heterocycles. The molecule has 1 atom stereocenters. The highest BCUT2D eigenvalue weighted by atomic mass is 16.2. The molecule has 0 aliphatic carbocycles. The average Bonchev–Trinajstić information content (AvgIpc) is 2.53. The minimum atomic E-state index is -0.226. The maximum Gasteiger partial charge on any atom is 0.237 e. The Kier molecular flexibility index (Phi) is 5.55. The lowest BCUT2D eigenvalue weighted by Crippen LogP contribution is -2.49. The van der Waals surface area contributed by atoms with Gasteiger partial charge in [-0.05, 0) is 45.3 Å². The molecular weight excluding hydrogens is 278 g/mol. The van der Waals surface area contributed by atoms with Crippen molar-refractivity contribution in [1.82, 2.24) is 10.2 Å². The van der Waals surface area contributed by atoms with Crippen LogP contribution in [0.5, 0.6) is 0 Å². The van der Waals surface area contributed by atoms with E-state index in [1.54, 1.807) is 0 Å². The van der Waals surface area contributed by atoms with Gasteiger partial charge in [-0.2, -0.15) is 0 Å². The van der Waals surface area contributed by atoms with Crippen molar-refractivity contribution in [3.05, 3.63) is 35.4 Å². The minimum absolute atomic E-state index is 0.0260. The molecule has 3 N–H and O–H groups in total. The Morgan fingerprint density at radius 1 is 1.27 bits per heavy atom. The summed E-state index contributed by atoms with van der Waals surface area (Å²) in [6.45, 7) is 5.98. The van der Waals surface area contributed by atoms with Crippen molar-refractivity contribution < 1.29 is 9.59 Å². The monoisotopic (exact) mass is 303 g/mol. The molecule has 1 aromatic carbocycles. The number of likely N-dealkylation sites (tertiary alicyclic amines) is 1. The maximum absolute atomic E-state index is 12.3. The standard InChI is InChI=1S/C17H25N3O2/c1-12-3-5-14(6-4-12)11-19-17(22)13(2)20-9-7-15(8-10-20)16(18)21/h3-6,13,15H,7-11H2,1-2H3,(H2,18,21)(H,19,22). The number of primary amides is 1. The van der Waals surface area contributed by atoms with Crippen molar-refractivity contribution in [2.75, 3.05) is 13.1 Å². The molecule has 1 aromatic rings. The van der Waals surface area contributed by atoms with Crippen molar-refractivity contribution in [1.29, 1.82) is 0 Å². The van der Waals surface area contributed by atoms with E-state index in [0.29, 0.717) is 6.54 Å². The summed E-state index contributed by atoms with van der Waals surface area (Å²) < 4.78 is 0. The van der Waals surface area contributed by atoms with Crippen LogP contribution < -0.4 is 11.1 Å². The van der Waals surface area contributed by atoms with Gasteiger partial charge in [0.05, 0.1) is 6.04 Å². The lowest BCUT2D eigenvalue weighted by atomic mass is 9.95. The number of carbonyl (C=O) groups excluding carboxylic acids is 2. The van der Waals surface area contributed by atoms with Gasteiger partial charge in [0.2, 0.25) is 11.8 Å². The van der Waals surface area contributed by atoms with Crippen LogP contribution in [0.25, 0.3) is 0 Å². The Morgan fingerprint density at radius 2 is 1.86 bits per heavy atom. The quantitative estimate of drug-likeness (QED) is 0.858. The second-order valence-electron chi connectivity index (χ2n) is 6.09. The van der Waals surface area contributed by atoms with Crippen LogP contribution in [-0.2, 0) is 16.1 Å². The minimum Gasteiger partial charge on any atom is -0.369 e. The van der Waals surface area contributed by atoms with E-state index in [1.807, 2.05) is 38.1 Å². The Labute approximate surface area is 131 Å². The molecule has 2 rings (SSSR count). The van der Waals surface area contributed by atoms with Gasteiger partial charge >= 0.3 is 0 Å². The summed E-state index contributed by atoms with van der Waals surface area (Å²) in [5.41, 5.74) is 7.64. The number of nitrogens with two attached hydrogens (primary N) is 1. The summed E-state index contributed by atoms with van der Waals surface area (Å²) in [6.07, 6.45) is 1.48. The molecule has 0 bridgehead atoms. The fourth-order valence-electron chi connectivity index (χ4n) is 2.78. The highest BCUT2D eigenvalue weighted by Crippen LogP contribution is 2.18. The highest BCUT2D eigenvalue weighted by molar-refractivity contribution is 5.81. The maximum atomic E-state index is 12.3. The summed E-state index contributed by atoms with van der Waals surface area (Å²) in [7, 11) is 0. The zero-order valence-corrected chi connectivity index (χ0v) is 13.3.